The minimum Gasteiger partial charge on any atom is -0.472 e. The molecule has 2 N–H and O–H groups in total. The summed E-state index contributed by atoms with van der Waals surface area (Å²) in [5.74, 6) is 0.0681. The van der Waals surface area contributed by atoms with E-state index in [0.29, 0.717) is 19.1 Å². The molecule has 88 valence electrons. The average Bonchev–Trinajstić information content (AvgIpc) is 2.57. The van der Waals surface area contributed by atoms with Gasteiger partial charge in [0, 0.05) is 12.4 Å². The molecule has 6 heteroatoms. The fourth-order valence-electron chi connectivity index (χ4n) is 1.46. The molecule has 0 aliphatic carbocycles. The summed E-state index contributed by atoms with van der Waals surface area (Å²) < 4.78 is 16.4. The third kappa shape index (κ3) is 2.59. The van der Waals surface area contributed by atoms with Gasteiger partial charge in [-0.2, -0.15) is 0 Å². The van der Waals surface area contributed by atoms with E-state index in [1.807, 2.05) is 13.8 Å². The molecule has 1 atom stereocenters. The molecule has 0 bridgehead atoms. The number of nitrogens with two attached hydrogens (primary N) is 1. The Hall–Kier alpha value is -1.40. The maximum Gasteiger partial charge on any atom is 0.257 e. The summed E-state index contributed by atoms with van der Waals surface area (Å²) in [6.07, 6.45) is 2.94. The lowest BCUT2D eigenvalue weighted by atomic mass is 10.4. The van der Waals surface area contributed by atoms with E-state index in [9.17, 15) is 0 Å². The number of ether oxygens (including phenoxy) is 3. The van der Waals surface area contributed by atoms with Crippen LogP contribution in [0.5, 0.6) is 5.88 Å². The molecule has 0 radical (unpaired) electrons. The highest BCUT2D eigenvalue weighted by molar-refractivity contribution is 5.38. The van der Waals surface area contributed by atoms with Crippen molar-refractivity contribution in [2.24, 2.45) is 0 Å². The molecule has 0 amide bonds. The molecular formula is C10H15N3O3. The molecule has 2 heterocycles. The second-order valence-corrected chi connectivity index (χ2v) is 4.01. The fourth-order valence-corrected chi connectivity index (χ4v) is 1.46. The first-order valence-electron chi connectivity index (χ1n) is 5.08. The Bertz CT molecular complexity index is 370. The molecular weight excluding hydrogens is 210 g/mol. The van der Waals surface area contributed by atoms with Crippen LogP contribution in [-0.4, -0.2) is 35.1 Å². The first-order chi connectivity index (χ1) is 7.57. The Morgan fingerprint density at radius 3 is 2.88 bits per heavy atom. The largest absolute Gasteiger partial charge is 0.472 e. The molecule has 6 nitrogen and oxygen atoms in total. The molecule has 1 saturated heterocycles. The van der Waals surface area contributed by atoms with Crippen LogP contribution in [0.2, 0.25) is 0 Å². The third-order valence-corrected chi connectivity index (χ3v) is 2.16. The van der Waals surface area contributed by atoms with E-state index in [-0.39, 0.29) is 11.9 Å². The van der Waals surface area contributed by atoms with Crippen LogP contribution in [0.3, 0.4) is 0 Å². The molecule has 1 aromatic heterocycles. The van der Waals surface area contributed by atoms with Crippen molar-refractivity contribution in [2.75, 3.05) is 18.9 Å². The molecule has 16 heavy (non-hydrogen) atoms. The molecule has 0 saturated carbocycles. The Balaban J connectivity index is 1.87. The summed E-state index contributed by atoms with van der Waals surface area (Å²) >= 11 is 0. The monoisotopic (exact) mass is 225 g/mol. The predicted molar refractivity (Wildman–Crippen MR) is 56.8 cm³/mol. The summed E-state index contributed by atoms with van der Waals surface area (Å²) in [6, 6.07) is 0. The number of hydrogen-bond acceptors (Lipinski definition) is 6. The highest BCUT2D eigenvalue weighted by atomic mass is 16.7. The van der Waals surface area contributed by atoms with Crippen molar-refractivity contribution in [2.45, 2.75) is 25.7 Å². The molecule has 1 aliphatic heterocycles. The lowest BCUT2D eigenvalue weighted by molar-refractivity contribution is -0.141. The topological polar surface area (TPSA) is 79.5 Å². The van der Waals surface area contributed by atoms with Gasteiger partial charge in [0.1, 0.15) is 12.7 Å². The van der Waals surface area contributed by atoms with Crippen LogP contribution in [-0.2, 0) is 9.47 Å². The molecule has 1 fully saturated rings. The maximum absolute atomic E-state index is 5.59. The van der Waals surface area contributed by atoms with E-state index in [4.69, 9.17) is 19.9 Å². The zero-order valence-electron chi connectivity index (χ0n) is 9.34. The van der Waals surface area contributed by atoms with Gasteiger partial charge in [-0.3, -0.25) is 0 Å². The van der Waals surface area contributed by atoms with E-state index in [0.717, 1.165) is 0 Å². The van der Waals surface area contributed by atoms with Gasteiger partial charge in [-0.1, -0.05) is 0 Å². The van der Waals surface area contributed by atoms with Crippen molar-refractivity contribution >= 4 is 5.82 Å². The van der Waals surface area contributed by atoms with Crippen molar-refractivity contribution in [3.05, 3.63) is 12.4 Å². The molecule has 1 unspecified atom stereocenters. The van der Waals surface area contributed by atoms with Crippen molar-refractivity contribution in [3.8, 4) is 5.88 Å². The van der Waals surface area contributed by atoms with Gasteiger partial charge < -0.3 is 19.9 Å². The van der Waals surface area contributed by atoms with Crippen LogP contribution in [0, 0.1) is 0 Å². The minimum absolute atomic E-state index is 0.101. The Morgan fingerprint density at radius 1 is 1.50 bits per heavy atom. The van der Waals surface area contributed by atoms with Crippen molar-refractivity contribution < 1.29 is 14.2 Å². The maximum atomic E-state index is 5.59. The number of nitrogens with zero attached hydrogens (tertiary/aromatic N) is 2. The highest BCUT2D eigenvalue weighted by Crippen LogP contribution is 2.23. The first kappa shape index (κ1) is 11.1. The Morgan fingerprint density at radius 2 is 2.25 bits per heavy atom. The third-order valence-electron chi connectivity index (χ3n) is 2.16. The second kappa shape index (κ2) is 4.23. The van der Waals surface area contributed by atoms with Gasteiger partial charge in [-0.05, 0) is 13.8 Å². The summed E-state index contributed by atoms with van der Waals surface area (Å²) in [5.41, 5.74) is 5.59. The standard InChI is InChI=1S/C10H15N3O3/c1-10(2)15-6-7(16-10)5-14-9-8(11)12-3-4-13-9/h3-4,7H,5-6H2,1-2H3,(H2,11,12). The molecule has 2 rings (SSSR count). The summed E-state index contributed by atoms with van der Waals surface area (Å²) in [7, 11) is 0. The summed E-state index contributed by atoms with van der Waals surface area (Å²) in [4.78, 5) is 7.84. The van der Waals surface area contributed by atoms with Gasteiger partial charge in [0.15, 0.2) is 11.6 Å². The van der Waals surface area contributed by atoms with Crippen LogP contribution in [0.15, 0.2) is 12.4 Å². The summed E-state index contributed by atoms with van der Waals surface area (Å²) in [6.45, 7) is 4.59. The van der Waals surface area contributed by atoms with Crippen LogP contribution in [0.25, 0.3) is 0 Å². The normalized spacial score (nSPS) is 23.2. The number of hydrogen-bond donors (Lipinski definition) is 1. The zero-order chi connectivity index (χ0) is 11.6. The van der Waals surface area contributed by atoms with Gasteiger partial charge in [0.2, 0.25) is 0 Å². The SMILES string of the molecule is CC1(C)OCC(COc2nccnc2N)O1. The van der Waals surface area contributed by atoms with Crippen LogP contribution >= 0.6 is 0 Å². The molecule has 0 aromatic carbocycles. The van der Waals surface area contributed by atoms with E-state index < -0.39 is 5.79 Å². The lowest BCUT2D eigenvalue weighted by Gasteiger charge is -2.17. The van der Waals surface area contributed by atoms with E-state index in [1.54, 1.807) is 0 Å². The lowest BCUT2D eigenvalue weighted by Crippen LogP contribution is -2.25. The van der Waals surface area contributed by atoms with Crippen molar-refractivity contribution in [1.29, 1.82) is 0 Å². The molecule has 1 aliphatic rings. The average molecular weight is 225 g/mol. The van der Waals surface area contributed by atoms with E-state index in [2.05, 4.69) is 9.97 Å². The smallest absolute Gasteiger partial charge is 0.257 e. The van der Waals surface area contributed by atoms with Crippen LogP contribution in [0.4, 0.5) is 5.82 Å². The number of aromatic nitrogens is 2. The predicted octanol–water partition coefficient (Wildman–Crippen LogP) is 0.589. The number of rotatable bonds is 3. The summed E-state index contributed by atoms with van der Waals surface area (Å²) in [5, 5.41) is 0. The Kier molecular flexibility index (Phi) is 2.93. The van der Waals surface area contributed by atoms with Crippen molar-refractivity contribution in [1.82, 2.24) is 9.97 Å². The van der Waals surface area contributed by atoms with Gasteiger partial charge in [0.25, 0.3) is 5.88 Å². The minimum atomic E-state index is -0.540. The first-order valence-corrected chi connectivity index (χ1v) is 5.08. The molecule has 1 aromatic rings. The quantitative estimate of drug-likeness (QED) is 0.811. The highest BCUT2D eigenvalue weighted by Gasteiger charge is 2.33. The van der Waals surface area contributed by atoms with Gasteiger partial charge >= 0.3 is 0 Å². The van der Waals surface area contributed by atoms with Crippen molar-refractivity contribution in [3.63, 3.8) is 0 Å². The number of anilines is 1. The van der Waals surface area contributed by atoms with E-state index >= 15 is 0 Å². The van der Waals surface area contributed by atoms with Crippen LogP contribution < -0.4 is 10.5 Å². The van der Waals surface area contributed by atoms with Gasteiger partial charge in [-0.25, -0.2) is 9.97 Å². The zero-order valence-corrected chi connectivity index (χ0v) is 9.34. The van der Waals surface area contributed by atoms with Gasteiger partial charge in [0.05, 0.1) is 6.61 Å². The van der Waals surface area contributed by atoms with E-state index in [1.165, 1.54) is 12.4 Å². The van der Waals surface area contributed by atoms with Gasteiger partial charge in [-0.15, -0.1) is 0 Å². The fraction of sp³-hybridized carbons (Fsp3) is 0.600. The Labute approximate surface area is 93.7 Å². The number of nitrogen functional groups attached to an aromatic ring is 1. The molecule has 0 spiro atoms. The van der Waals surface area contributed by atoms with Crippen LogP contribution in [0.1, 0.15) is 13.8 Å². The second-order valence-electron chi connectivity index (χ2n) is 4.01.